The number of aryl methyl sites for hydroxylation is 1. The molecular weight excluding hydrogens is 828 g/mol. The Bertz CT molecular complexity index is 2700. The van der Waals surface area contributed by atoms with Crippen molar-refractivity contribution in [2.45, 2.75) is 70.1 Å². The number of hydrogen-bond acceptors (Lipinski definition) is 10. The number of imidazole rings is 1. The molecule has 3 saturated heterocycles. The fourth-order valence-corrected chi connectivity index (χ4v) is 9.81. The van der Waals surface area contributed by atoms with Crippen LogP contribution in [0.5, 0.6) is 0 Å². The third-order valence-corrected chi connectivity index (χ3v) is 13.7. The summed E-state index contributed by atoms with van der Waals surface area (Å²) in [6.07, 6.45) is 4.03. The summed E-state index contributed by atoms with van der Waals surface area (Å²) in [5.41, 5.74) is 6.46. The molecule has 3 N–H and O–H groups in total. The molecule has 3 aromatic heterocycles. The summed E-state index contributed by atoms with van der Waals surface area (Å²) in [6.45, 7) is 3.52. The van der Waals surface area contributed by atoms with Gasteiger partial charge in [-0.05, 0) is 80.1 Å². The second kappa shape index (κ2) is 15.9. The van der Waals surface area contributed by atoms with Gasteiger partial charge in [0.2, 0.25) is 5.91 Å². The highest BCUT2D eigenvalue weighted by Gasteiger charge is 2.57. The fourth-order valence-electron chi connectivity index (χ4n) is 9.81. The lowest BCUT2D eigenvalue weighted by Crippen LogP contribution is -2.59. The monoisotopic (exact) mass is 875 g/mol. The largest absolute Gasteiger partial charge is 0.385 e. The molecule has 5 amide bonds. The SMILES string of the molecule is CNc1cc(N2CCc3c(-c4ccc(CN5CCC6(CCN(C(=O)c7ccc(C)c(N8CCC(=O)NC8=O)c7)CC6)C(F)(F)C5)cn4)cccc32)nn2c(C(=O)N[C@@H]3C[C@@H]3F)cnc12. The van der Waals surface area contributed by atoms with Crippen LogP contribution in [0.25, 0.3) is 16.9 Å². The van der Waals surface area contributed by atoms with Gasteiger partial charge in [-0.2, -0.15) is 0 Å². The van der Waals surface area contributed by atoms with Crippen molar-refractivity contribution in [2.24, 2.45) is 5.41 Å². The first-order valence-electron chi connectivity index (χ1n) is 21.8. The van der Waals surface area contributed by atoms with E-state index in [2.05, 4.69) is 25.8 Å². The first-order chi connectivity index (χ1) is 30.8. The van der Waals surface area contributed by atoms with E-state index in [-0.39, 0.29) is 62.9 Å². The van der Waals surface area contributed by atoms with Crippen molar-refractivity contribution in [3.8, 4) is 11.3 Å². The minimum absolute atomic E-state index is 0.158. The zero-order chi connectivity index (χ0) is 44.5. The van der Waals surface area contributed by atoms with Crippen LogP contribution in [0.4, 0.5) is 40.8 Å². The molecule has 5 aliphatic rings. The van der Waals surface area contributed by atoms with Gasteiger partial charge in [-0.3, -0.25) is 34.5 Å². The minimum Gasteiger partial charge on any atom is -0.385 e. The van der Waals surface area contributed by atoms with Gasteiger partial charge in [0.05, 0.1) is 30.2 Å². The van der Waals surface area contributed by atoms with Gasteiger partial charge in [-0.15, -0.1) is 5.10 Å². The topological polar surface area (TPSA) is 160 Å². The molecule has 2 atom stereocenters. The number of amides is 5. The number of halogens is 3. The summed E-state index contributed by atoms with van der Waals surface area (Å²) >= 11 is 0. The number of nitrogens with zero attached hydrogens (tertiary/aromatic N) is 8. The quantitative estimate of drug-likeness (QED) is 0.163. The van der Waals surface area contributed by atoms with E-state index < -0.39 is 35.5 Å². The van der Waals surface area contributed by atoms with Crippen molar-refractivity contribution >= 4 is 52.3 Å². The molecule has 7 heterocycles. The number of urea groups is 1. The molecule has 1 aliphatic carbocycles. The summed E-state index contributed by atoms with van der Waals surface area (Å²) in [5.74, 6) is -3.40. The predicted molar refractivity (Wildman–Crippen MR) is 233 cm³/mol. The molecule has 18 heteroatoms. The van der Waals surface area contributed by atoms with Crippen molar-refractivity contribution in [3.63, 3.8) is 0 Å². The van der Waals surface area contributed by atoms with Crippen LogP contribution >= 0.6 is 0 Å². The Kier molecular flexibility index (Phi) is 10.3. The summed E-state index contributed by atoms with van der Waals surface area (Å²) in [6, 6.07) is 15.9. The van der Waals surface area contributed by atoms with Crippen LogP contribution in [0.15, 0.2) is 67.0 Å². The van der Waals surface area contributed by atoms with Gasteiger partial charge in [0.1, 0.15) is 6.17 Å². The molecule has 15 nitrogen and oxygen atoms in total. The molecule has 1 saturated carbocycles. The lowest BCUT2D eigenvalue weighted by Gasteiger charge is -2.51. The number of hydrogen-bond donors (Lipinski definition) is 3. The molecule has 5 aromatic rings. The number of imide groups is 1. The second-order valence-electron chi connectivity index (χ2n) is 17.6. The van der Waals surface area contributed by atoms with Crippen LogP contribution in [0.2, 0.25) is 0 Å². The summed E-state index contributed by atoms with van der Waals surface area (Å²) in [7, 11) is 1.77. The zero-order valence-corrected chi connectivity index (χ0v) is 35.5. The Hall–Kier alpha value is -6.56. The number of carbonyl (C=O) groups is 4. The normalized spacial score (nSPS) is 21.5. The molecule has 4 fully saturated rings. The number of likely N-dealkylation sites (tertiary alicyclic amines) is 2. The summed E-state index contributed by atoms with van der Waals surface area (Å²) < 4.78 is 47.5. The Morgan fingerprint density at radius 2 is 1.69 bits per heavy atom. The van der Waals surface area contributed by atoms with Gasteiger partial charge in [0.25, 0.3) is 17.7 Å². The van der Waals surface area contributed by atoms with E-state index in [1.54, 1.807) is 41.2 Å². The highest BCUT2D eigenvalue weighted by Crippen LogP contribution is 2.51. The standard InChI is InChI=1S/C46H48F3N11O4/c1-27-6-8-29(20-37(27)59-16-11-40(61)54-44(59)64)43(63)57-18-13-45(14-19-57)12-17-56(26-46(45,48)49)25-28-7-9-33(51-23-28)30-4-3-5-36-31(30)10-15-58(36)39-22-35(50-2)41-52-24-38(60(41)55-39)42(62)53-34-21-32(34)47/h3-9,20,22-24,32,34,50H,10-19,21,25-26H2,1-2H3,(H,53,62)(H,54,61,64)/t32-,34+/m0/s1. The number of carbonyl (C=O) groups excluding carboxylic acids is 4. The van der Waals surface area contributed by atoms with Crippen LogP contribution in [0.3, 0.4) is 0 Å². The van der Waals surface area contributed by atoms with Gasteiger partial charge < -0.3 is 20.4 Å². The van der Waals surface area contributed by atoms with E-state index >= 15 is 8.78 Å². The molecule has 332 valence electrons. The van der Waals surface area contributed by atoms with Crippen LogP contribution in [0.1, 0.15) is 69.6 Å². The average molecular weight is 876 g/mol. The lowest BCUT2D eigenvalue weighted by atomic mass is 9.68. The van der Waals surface area contributed by atoms with Gasteiger partial charge >= 0.3 is 6.03 Å². The molecule has 64 heavy (non-hydrogen) atoms. The van der Waals surface area contributed by atoms with E-state index in [1.165, 1.54) is 15.6 Å². The number of anilines is 4. The Morgan fingerprint density at radius 1 is 0.906 bits per heavy atom. The van der Waals surface area contributed by atoms with Crippen LogP contribution in [0, 0.1) is 12.3 Å². The lowest BCUT2D eigenvalue weighted by molar-refractivity contribution is -0.186. The maximum atomic E-state index is 16.2. The molecule has 2 aromatic carbocycles. The Labute approximate surface area is 367 Å². The van der Waals surface area contributed by atoms with Gasteiger partial charge in [0, 0.05) is 92.8 Å². The Morgan fingerprint density at radius 3 is 2.41 bits per heavy atom. The maximum absolute atomic E-state index is 16.2. The van der Waals surface area contributed by atoms with E-state index in [0.717, 1.165) is 33.6 Å². The van der Waals surface area contributed by atoms with Gasteiger partial charge in [-0.25, -0.2) is 27.5 Å². The zero-order valence-electron chi connectivity index (χ0n) is 35.5. The van der Waals surface area contributed by atoms with Crippen LogP contribution in [-0.2, 0) is 17.8 Å². The van der Waals surface area contributed by atoms with Crippen LogP contribution < -0.4 is 25.8 Å². The number of nitrogens with one attached hydrogen (secondary N) is 3. The number of alkyl halides is 3. The number of pyridine rings is 1. The van der Waals surface area contributed by atoms with E-state index in [1.807, 2.05) is 43.3 Å². The van der Waals surface area contributed by atoms with Crippen LogP contribution in [-0.4, -0.2) is 118 Å². The average Bonchev–Trinajstić information content (AvgIpc) is 3.59. The fraction of sp³-hybridized carbons (Fsp3) is 0.413. The number of aromatic nitrogens is 4. The first kappa shape index (κ1) is 41.5. The summed E-state index contributed by atoms with van der Waals surface area (Å²) in [5, 5.41) is 13.0. The van der Waals surface area contributed by atoms with Gasteiger partial charge in [-0.1, -0.05) is 24.3 Å². The summed E-state index contributed by atoms with van der Waals surface area (Å²) in [4.78, 5) is 67.1. The van der Waals surface area contributed by atoms with Crippen molar-refractivity contribution in [2.75, 3.05) is 61.4 Å². The Balaban J connectivity index is 0.783. The maximum Gasteiger partial charge on any atom is 0.328 e. The smallest absolute Gasteiger partial charge is 0.328 e. The van der Waals surface area contributed by atoms with E-state index in [4.69, 9.17) is 10.1 Å². The minimum atomic E-state index is -2.96. The number of piperidine rings is 2. The van der Waals surface area contributed by atoms with Crippen molar-refractivity contribution in [1.29, 1.82) is 0 Å². The van der Waals surface area contributed by atoms with E-state index in [0.29, 0.717) is 67.3 Å². The number of fused-ring (bicyclic) bond motifs is 2. The third kappa shape index (κ3) is 7.36. The van der Waals surface area contributed by atoms with Crippen molar-refractivity contribution < 1.29 is 32.3 Å². The molecule has 0 unspecified atom stereocenters. The molecule has 4 aliphatic heterocycles. The molecule has 0 radical (unpaired) electrons. The van der Waals surface area contributed by atoms with Crippen molar-refractivity contribution in [1.82, 2.24) is 40.0 Å². The molecule has 1 spiro atoms. The first-order valence-corrected chi connectivity index (χ1v) is 21.8. The number of rotatable bonds is 9. The highest BCUT2D eigenvalue weighted by molar-refractivity contribution is 6.06. The van der Waals surface area contributed by atoms with E-state index in [9.17, 15) is 23.6 Å². The highest BCUT2D eigenvalue weighted by atomic mass is 19.3. The molecule has 0 bridgehead atoms. The second-order valence-corrected chi connectivity index (χ2v) is 17.6. The van der Waals surface area contributed by atoms with Gasteiger partial charge in [0.15, 0.2) is 17.2 Å². The molecule has 10 rings (SSSR count). The number of benzene rings is 2. The molecular formula is C46H48F3N11O4. The van der Waals surface area contributed by atoms with Crippen molar-refractivity contribution in [3.05, 3.63) is 94.9 Å². The predicted octanol–water partition coefficient (Wildman–Crippen LogP) is 5.89. The third-order valence-electron chi connectivity index (χ3n) is 13.7.